The molecule has 0 spiro atoms. The van der Waals surface area contributed by atoms with Gasteiger partial charge in [0.2, 0.25) is 5.95 Å². The molecule has 0 fully saturated rings. The van der Waals surface area contributed by atoms with E-state index in [0.717, 1.165) is 24.0 Å². The van der Waals surface area contributed by atoms with E-state index in [1.807, 2.05) is 0 Å². The number of anilines is 1. The van der Waals surface area contributed by atoms with Crippen LogP contribution in [0.25, 0.3) is 0 Å². The molecule has 3 nitrogen and oxygen atoms in total. The van der Waals surface area contributed by atoms with E-state index >= 15 is 0 Å². The summed E-state index contributed by atoms with van der Waals surface area (Å²) in [5.41, 5.74) is 2.72. The fraction of sp³-hybridized carbons (Fsp3) is 0.231. The minimum atomic E-state index is 0.488. The first-order chi connectivity index (χ1) is 8.72. The van der Waals surface area contributed by atoms with Gasteiger partial charge in [-0.05, 0) is 35.7 Å². The molecule has 0 saturated carbocycles. The first kappa shape index (κ1) is 11.9. The highest BCUT2D eigenvalue weighted by Gasteiger charge is 2.18. The summed E-state index contributed by atoms with van der Waals surface area (Å²) in [5, 5.41) is 0.488. The van der Waals surface area contributed by atoms with Gasteiger partial charge in [0.1, 0.15) is 5.15 Å². The third-order valence-electron chi connectivity index (χ3n) is 3.07. The Morgan fingerprint density at radius 2 is 2.11 bits per heavy atom. The average Bonchev–Trinajstić information content (AvgIpc) is 2.38. The Kier molecular flexibility index (Phi) is 3.22. The second-order valence-corrected chi connectivity index (χ2v) is 5.57. The van der Waals surface area contributed by atoms with Crippen molar-refractivity contribution >= 4 is 33.5 Å². The summed E-state index contributed by atoms with van der Waals surface area (Å²) in [7, 11) is 0. The molecule has 5 heteroatoms. The van der Waals surface area contributed by atoms with Gasteiger partial charge in [-0.1, -0.05) is 33.6 Å². The van der Waals surface area contributed by atoms with Crippen LogP contribution in [-0.4, -0.2) is 16.5 Å². The third kappa shape index (κ3) is 2.35. The standard InChI is InChI=1S/C13H11BrClN3/c14-11-2-1-10-8-18(6-4-9(10)7-11)13-16-5-3-12(15)17-13/h1-3,5,7H,4,6,8H2. The first-order valence-corrected chi connectivity index (χ1v) is 6.90. The van der Waals surface area contributed by atoms with Gasteiger partial charge < -0.3 is 4.90 Å². The first-order valence-electron chi connectivity index (χ1n) is 5.73. The number of halogens is 2. The van der Waals surface area contributed by atoms with E-state index in [1.165, 1.54) is 11.1 Å². The van der Waals surface area contributed by atoms with Gasteiger partial charge in [-0.2, -0.15) is 0 Å². The number of nitrogens with zero attached hydrogens (tertiary/aromatic N) is 3. The van der Waals surface area contributed by atoms with E-state index in [9.17, 15) is 0 Å². The largest absolute Gasteiger partial charge is 0.336 e. The molecule has 0 amide bonds. The molecule has 0 atom stereocenters. The summed E-state index contributed by atoms with van der Waals surface area (Å²) < 4.78 is 1.13. The topological polar surface area (TPSA) is 29.0 Å². The Bertz CT molecular complexity index is 588. The minimum Gasteiger partial charge on any atom is -0.336 e. The normalized spacial score (nSPS) is 14.4. The predicted molar refractivity (Wildman–Crippen MR) is 75.9 cm³/mol. The van der Waals surface area contributed by atoms with Crippen LogP contribution >= 0.6 is 27.5 Å². The molecule has 0 saturated heterocycles. The molecule has 3 rings (SSSR count). The van der Waals surface area contributed by atoms with Crippen molar-refractivity contribution in [3.05, 3.63) is 51.2 Å². The van der Waals surface area contributed by atoms with E-state index < -0.39 is 0 Å². The molecule has 1 aromatic heterocycles. The molecule has 0 aliphatic carbocycles. The lowest BCUT2D eigenvalue weighted by atomic mass is 10.0. The van der Waals surface area contributed by atoms with Crippen molar-refractivity contribution in [3.8, 4) is 0 Å². The van der Waals surface area contributed by atoms with Crippen molar-refractivity contribution in [2.75, 3.05) is 11.4 Å². The number of fused-ring (bicyclic) bond motifs is 1. The van der Waals surface area contributed by atoms with Gasteiger partial charge in [-0.3, -0.25) is 0 Å². The summed E-state index contributed by atoms with van der Waals surface area (Å²) >= 11 is 9.41. The smallest absolute Gasteiger partial charge is 0.227 e. The predicted octanol–water partition coefficient (Wildman–Crippen LogP) is 3.46. The van der Waals surface area contributed by atoms with Gasteiger partial charge in [-0.15, -0.1) is 0 Å². The van der Waals surface area contributed by atoms with Crippen LogP contribution < -0.4 is 4.90 Å². The van der Waals surface area contributed by atoms with Crippen molar-refractivity contribution in [2.45, 2.75) is 13.0 Å². The summed E-state index contributed by atoms with van der Waals surface area (Å²) in [5.74, 6) is 0.705. The lowest BCUT2D eigenvalue weighted by Gasteiger charge is -2.28. The van der Waals surface area contributed by atoms with Crippen LogP contribution in [0.4, 0.5) is 5.95 Å². The molecule has 0 N–H and O–H groups in total. The molecule has 0 unspecified atom stereocenters. The summed E-state index contributed by atoms with van der Waals surface area (Å²) in [6.45, 7) is 1.76. The molecule has 18 heavy (non-hydrogen) atoms. The summed E-state index contributed by atoms with van der Waals surface area (Å²) in [4.78, 5) is 10.7. The van der Waals surface area contributed by atoms with Crippen LogP contribution in [0, 0.1) is 0 Å². The van der Waals surface area contributed by atoms with Gasteiger partial charge in [0, 0.05) is 23.8 Å². The lowest BCUT2D eigenvalue weighted by Crippen LogP contribution is -2.31. The van der Waals surface area contributed by atoms with Crippen molar-refractivity contribution in [2.24, 2.45) is 0 Å². The Morgan fingerprint density at radius 1 is 1.22 bits per heavy atom. The zero-order chi connectivity index (χ0) is 12.5. The monoisotopic (exact) mass is 323 g/mol. The Labute approximate surface area is 119 Å². The molecular weight excluding hydrogens is 314 g/mol. The maximum absolute atomic E-state index is 5.90. The highest BCUT2D eigenvalue weighted by atomic mass is 79.9. The second-order valence-electron chi connectivity index (χ2n) is 4.26. The van der Waals surface area contributed by atoms with Gasteiger partial charge in [0.15, 0.2) is 0 Å². The number of aromatic nitrogens is 2. The van der Waals surface area contributed by atoms with Gasteiger partial charge in [0.05, 0.1) is 0 Å². The molecule has 1 aliphatic heterocycles. The van der Waals surface area contributed by atoms with E-state index in [-0.39, 0.29) is 0 Å². The second kappa shape index (κ2) is 4.86. The van der Waals surface area contributed by atoms with Crippen LogP contribution in [0.1, 0.15) is 11.1 Å². The van der Waals surface area contributed by atoms with Crippen molar-refractivity contribution in [3.63, 3.8) is 0 Å². The average molecular weight is 325 g/mol. The highest BCUT2D eigenvalue weighted by molar-refractivity contribution is 9.10. The van der Waals surface area contributed by atoms with Crippen LogP contribution in [-0.2, 0) is 13.0 Å². The van der Waals surface area contributed by atoms with Crippen LogP contribution in [0.2, 0.25) is 5.15 Å². The van der Waals surface area contributed by atoms with E-state index in [0.29, 0.717) is 11.1 Å². The number of benzene rings is 1. The molecule has 2 aromatic rings. The number of rotatable bonds is 1. The quantitative estimate of drug-likeness (QED) is 0.752. The minimum absolute atomic E-state index is 0.488. The third-order valence-corrected chi connectivity index (χ3v) is 3.78. The van der Waals surface area contributed by atoms with Crippen molar-refractivity contribution in [1.29, 1.82) is 0 Å². The van der Waals surface area contributed by atoms with Crippen LogP contribution in [0.5, 0.6) is 0 Å². The summed E-state index contributed by atoms with van der Waals surface area (Å²) in [6, 6.07) is 8.10. The van der Waals surface area contributed by atoms with E-state index in [1.54, 1.807) is 12.3 Å². The maximum Gasteiger partial charge on any atom is 0.227 e. The molecular formula is C13H11BrClN3. The van der Waals surface area contributed by atoms with Crippen LogP contribution in [0.15, 0.2) is 34.9 Å². The Hall–Kier alpha value is -1.13. The molecule has 0 bridgehead atoms. The molecule has 92 valence electrons. The molecule has 2 heterocycles. The number of hydrogen-bond donors (Lipinski definition) is 0. The fourth-order valence-electron chi connectivity index (χ4n) is 2.17. The molecule has 1 aromatic carbocycles. The van der Waals surface area contributed by atoms with Crippen LogP contribution in [0.3, 0.4) is 0 Å². The number of hydrogen-bond acceptors (Lipinski definition) is 3. The Morgan fingerprint density at radius 3 is 2.94 bits per heavy atom. The van der Waals surface area contributed by atoms with Gasteiger partial charge in [0.25, 0.3) is 0 Å². The molecule has 1 aliphatic rings. The van der Waals surface area contributed by atoms with E-state index in [2.05, 4.69) is 49.0 Å². The van der Waals surface area contributed by atoms with E-state index in [4.69, 9.17) is 11.6 Å². The van der Waals surface area contributed by atoms with Crippen molar-refractivity contribution < 1.29 is 0 Å². The Balaban J connectivity index is 1.89. The van der Waals surface area contributed by atoms with Gasteiger partial charge >= 0.3 is 0 Å². The zero-order valence-corrected chi connectivity index (χ0v) is 11.9. The van der Waals surface area contributed by atoms with Crippen molar-refractivity contribution in [1.82, 2.24) is 9.97 Å². The lowest BCUT2D eigenvalue weighted by molar-refractivity contribution is 0.707. The zero-order valence-electron chi connectivity index (χ0n) is 9.61. The van der Waals surface area contributed by atoms with Gasteiger partial charge in [-0.25, -0.2) is 9.97 Å². The highest BCUT2D eigenvalue weighted by Crippen LogP contribution is 2.25. The summed E-state index contributed by atoms with van der Waals surface area (Å²) in [6.07, 6.45) is 2.70. The molecule has 0 radical (unpaired) electrons. The maximum atomic E-state index is 5.90. The SMILES string of the molecule is Clc1ccnc(N2CCc3cc(Br)ccc3C2)n1. The fourth-order valence-corrected chi connectivity index (χ4v) is 2.71.